The van der Waals surface area contributed by atoms with Gasteiger partial charge in [-0.25, -0.2) is 0 Å². The van der Waals surface area contributed by atoms with Gasteiger partial charge >= 0.3 is 0 Å². The number of rotatable bonds is 4. The number of halogens is 1. The van der Waals surface area contributed by atoms with Crippen molar-refractivity contribution in [2.75, 3.05) is 6.54 Å². The number of carbonyl (C=O) groups is 1. The lowest BCUT2D eigenvalue weighted by atomic mass is 10.1. The van der Waals surface area contributed by atoms with E-state index in [9.17, 15) is 4.79 Å². The van der Waals surface area contributed by atoms with Gasteiger partial charge in [-0.1, -0.05) is 30.3 Å². The van der Waals surface area contributed by atoms with Crippen LogP contribution in [0.15, 0.2) is 46.3 Å². The largest absolute Gasteiger partial charge is 0.351 e. The summed E-state index contributed by atoms with van der Waals surface area (Å²) < 4.78 is 0.954. The van der Waals surface area contributed by atoms with E-state index in [1.165, 1.54) is 16.9 Å². The molecule has 0 spiro atoms. The summed E-state index contributed by atoms with van der Waals surface area (Å²) in [6.45, 7) is 0.665. The highest BCUT2D eigenvalue weighted by molar-refractivity contribution is 9.10. The summed E-state index contributed by atoms with van der Waals surface area (Å²) in [6.07, 6.45) is 0.860. The molecule has 0 saturated carbocycles. The molecule has 1 aromatic heterocycles. The monoisotopic (exact) mass is 309 g/mol. The van der Waals surface area contributed by atoms with Gasteiger partial charge in [0.05, 0.1) is 4.88 Å². The summed E-state index contributed by atoms with van der Waals surface area (Å²) in [5, 5.41) is 4.82. The third-order valence-electron chi connectivity index (χ3n) is 2.33. The summed E-state index contributed by atoms with van der Waals surface area (Å²) in [7, 11) is 0. The third-order valence-corrected chi connectivity index (χ3v) is 4.02. The predicted molar refractivity (Wildman–Crippen MR) is 74.5 cm³/mol. The lowest BCUT2D eigenvalue weighted by Crippen LogP contribution is -2.24. The fourth-order valence-electron chi connectivity index (χ4n) is 1.48. The number of carbonyl (C=O) groups excluding carboxylic acids is 1. The molecule has 0 unspecified atom stereocenters. The van der Waals surface area contributed by atoms with E-state index in [2.05, 4.69) is 33.4 Å². The van der Waals surface area contributed by atoms with Crippen molar-refractivity contribution in [1.29, 1.82) is 0 Å². The Labute approximate surface area is 113 Å². The Morgan fingerprint density at radius 1 is 1.29 bits per heavy atom. The fourth-order valence-corrected chi connectivity index (χ4v) is 2.83. The molecule has 1 aromatic carbocycles. The molecule has 0 radical (unpaired) electrons. The second-order valence-corrected chi connectivity index (χ2v) is 5.45. The first kappa shape index (κ1) is 12.3. The highest BCUT2D eigenvalue weighted by atomic mass is 79.9. The second-order valence-electron chi connectivity index (χ2n) is 3.62. The van der Waals surface area contributed by atoms with Crippen molar-refractivity contribution in [3.63, 3.8) is 0 Å². The van der Waals surface area contributed by atoms with Crippen LogP contribution in [0.3, 0.4) is 0 Å². The summed E-state index contributed by atoms with van der Waals surface area (Å²) in [4.78, 5) is 12.5. The van der Waals surface area contributed by atoms with Crippen molar-refractivity contribution in [3.05, 3.63) is 56.7 Å². The van der Waals surface area contributed by atoms with E-state index in [4.69, 9.17) is 0 Å². The minimum Gasteiger partial charge on any atom is -0.351 e. The van der Waals surface area contributed by atoms with Crippen molar-refractivity contribution in [1.82, 2.24) is 5.32 Å². The molecule has 2 rings (SSSR count). The van der Waals surface area contributed by atoms with Gasteiger partial charge in [0.25, 0.3) is 5.91 Å². The van der Waals surface area contributed by atoms with Crippen LogP contribution in [-0.2, 0) is 6.42 Å². The number of hydrogen-bond acceptors (Lipinski definition) is 2. The Bertz CT molecular complexity index is 495. The summed E-state index contributed by atoms with van der Waals surface area (Å²) in [5.41, 5.74) is 1.24. The second kappa shape index (κ2) is 5.98. The van der Waals surface area contributed by atoms with Gasteiger partial charge < -0.3 is 5.32 Å². The van der Waals surface area contributed by atoms with E-state index in [1.807, 2.05) is 29.6 Å². The Morgan fingerprint density at radius 2 is 2.06 bits per heavy atom. The van der Waals surface area contributed by atoms with Gasteiger partial charge in [0.1, 0.15) is 0 Å². The zero-order valence-corrected chi connectivity index (χ0v) is 11.6. The maximum absolute atomic E-state index is 11.7. The molecule has 1 heterocycles. The van der Waals surface area contributed by atoms with Gasteiger partial charge in [-0.05, 0) is 34.0 Å². The van der Waals surface area contributed by atoms with Crippen molar-refractivity contribution >= 4 is 33.2 Å². The molecule has 2 aromatic rings. The Morgan fingerprint density at radius 3 is 2.71 bits per heavy atom. The van der Waals surface area contributed by atoms with Crippen molar-refractivity contribution in [3.8, 4) is 0 Å². The van der Waals surface area contributed by atoms with E-state index >= 15 is 0 Å². The van der Waals surface area contributed by atoms with Crippen LogP contribution in [0.5, 0.6) is 0 Å². The standard InChI is InChI=1S/C13H12BrNOS/c14-11-8-12(17-9-11)13(16)15-7-6-10-4-2-1-3-5-10/h1-5,8-9H,6-7H2,(H,15,16). The van der Waals surface area contributed by atoms with Gasteiger partial charge in [0, 0.05) is 16.4 Å². The molecule has 0 atom stereocenters. The number of amides is 1. The maximum atomic E-state index is 11.7. The Balaban J connectivity index is 1.81. The Hall–Kier alpha value is -1.13. The first-order valence-corrected chi connectivity index (χ1v) is 6.99. The van der Waals surface area contributed by atoms with E-state index in [1.54, 1.807) is 0 Å². The molecule has 1 amide bonds. The molecule has 0 aliphatic carbocycles. The molecule has 1 N–H and O–H groups in total. The molecule has 0 saturated heterocycles. The average molecular weight is 310 g/mol. The van der Waals surface area contributed by atoms with Gasteiger partial charge in [-0.2, -0.15) is 0 Å². The average Bonchev–Trinajstić information content (AvgIpc) is 2.77. The normalized spacial score (nSPS) is 10.2. The SMILES string of the molecule is O=C(NCCc1ccccc1)c1cc(Br)cs1. The molecule has 4 heteroatoms. The van der Waals surface area contributed by atoms with Crippen molar-refractivity contribution < 1.29 is 4.79 Å². The van der Waals surface area contributed by atoms with Crippen LogP contribution in [-0.4, -0.2) is 12.5 Å². The summed E-state index contributed by atoms with van der Waals surface area (Å²) in [6, 6.07) is 12.0. The molecule has 0 bridgehead atoms. The molecular weight excluding hydrogens is 298 g/mol. The van der Waals surface area contributed by atoms with Crippen LogP contribution < -0.4 is 5.32 Å². The van der Waals surface area contributed by atoms with Crippen LogP contribution in [0.4, 0.5) is 0 Å². The minimum atomic E-state index is -0.00312. The quantitative estimate of drug-likeness (QED) is 0.920. The van der Waals surface area contributed by atoms with E-state index in [-0.39, 0.29) is 5.91 Å². The van der Waals surface area contributed by atoms with Gasteiger partial charge in [-0.15, -0.1) is 11.3 Å². The zero-order valence-electron chi connectivity index (χ0n) is 9.15. The topological polar surface area (TPSA) is 29.1 Å². The molecule has 0 fully saturated rings. The minimum absolute atomic E-state index is 0.00312. The van der Waals surface area contributed by atoms with E-state index in [0.717, 1.165) is 15.8 Å². The van der Waals surface area contributed by atoms with Crippen LogP contribution in [0.25, 0.3) is 0 Å². The van der Waals surface area contributed by atoms with Crippen LogP contribution in [0, 0.1) is 0 Å². The van der Waals surface area contributed by atoms with Gasteiger partial charge in [-0.3, -0.25) is 4.79 Å². The molecule has 0 aliphatic heterocycles. The first-order chi connectivity index (χ1) is 8.25. The summed E-state index contributed by atoms with van der Waals surface area (Å²) in [5.74, 6) is -0.00312. The number of benzene rings is 1. The smallest absolute Gasteiger partial charge is 0.261 e. The summed E-state index contributed by atoms with van der Waals surface area (Å²) >= 11 is 4.78. The number of hydrogen-bond donors (Lipinski definition) is 1. The highest BCUT2D eigenvalue weighted by Crippen LogP contribution is 2.19. The lowest BCUT2D eigenvalue weighted by Gasteiger charge is -2.03. The van der Waals surface area contributed by atoms with Crippen LogP contribution in [0.1, 0.15) is 15.2 Å². The van der Waals surface area contributed by atoms with Crippen molar-refractivity contribution in [2.45, 2.75) is 6.42 Å². The van der Waals surface area contributed by atoms with Gasteiger partial charge in [0.2, 0.25) is 0 Å². The molecule has 2 nitrogen and oxygen atoms in total. The highest BCUT2D eigenvalue weighted by Gasteiger charge is 2.07. The van der Waals surface area contributed by atoms with E-state index < -0.39 is 0 Å². The van der Waals surface area contributed by atoms with Crippen molar-refractivity contribution in [2.24, 2.45) is 0 Å². The fraction of sp³-hybridized carbons (Fsp3) is 0.154. The van der Waals surface area contributed by atoms with Crippen LogP contribution in [0.2, 0.25) is 0 Å². The lowest BCUT2D eigenvalue weighted by molar-refractivity contribution is 0.0958. The maximum Gasteiger partial charge on any atom is 0.261 e. The predicted octanol–water partition coefficient (Wildman–Crippen LogP) is 3.48. The number of thiophene rings is 1. The molecule has 0 aliphatic rings. The van der Waals surface area contributed by atoms with Gasteiger partial charge in [0.15, 0.2) is 0 Å². The third kappa shape index (κ3) is 3.68. The molecule has 88 valence electrons. The molecule has 17 heavy (non-hydrogen) atoms. The first-order valence-electron chi connectivity index (χ1n) is 5.32. The van der Waals surface area contributed by atoms with Crippen LogP contribution >= 0.6 is 27.3 Å². The van der Waals surface area contributed by atoms with E-state index in [0.29, 0.717) is 6.54 Å². The number of nitrogens with one attached hydrogen (secondary N) is 1. The Kier molecular flexibility index (Phi) is 4.34. The zero-order chi connectivity index (χ0) is 12.1. The molecular formula is C13H12BrNOS.